The lowest BCUT2D eigenvalue weighted by Gasteiger charge is -2.25. The molecule has 0 spiro atoms. The lowest BCUT2D eigenvalue weighted by Crippen LogP contribution is -2.41. The van der Waals surface area contributed by atoms with Gasteiger partial charge in [-0.05, 0) is 18.6 Å². The first-order valence-electron chi connectivity index (χ1n) is 4.65. The van der Waals surface area contributed by atoms with E-state index in [1.54, 1.807) is 0 Å². The molecule has 1 saturated heterocycles. The van der Waals surface area contributed by atoms with E-state index < -0.39 is 0 Å². The van der Waals surface area contributed by atoms with E-state index in [9.17, 15) is 4.79 Å². The van der Waals surface area contributed by atoms with Gasteiger partial charge in [-0.15, -0.1) is 11.6 Å². The second-order valence-electron chi connectivity index (χ2n) is 3.34. The van der Waals surface area contributed by atoms with Crippen molar-refractivity contribution in [3.8, 4) is 0 Å². The zero-order chi connectivity index (χ0) is 9.84. The number of hydrogen-bond donors (Lipinski definition) is 0. The van der Waals surface area contributed by atoms with Crippen LogP contribution >= 0.6 is 23.4 Å². The summed E-state index contributed by atoms with van der Waals surface area (Å²) in [6.07, 6.45) is 1.82. The third kappa shape index (κ3) is 2.78. The maximum Gasteiger partial charge on any atom is 0.240 e. The van der Waals surface area contributed by atoms with Crippen LogP contribution in [0.15, 0.2) is 0 Å². The summed E-state index contributed by atoms with van der Waals surface area (Å²) in [6.45, 7) is 1.94. The van der Waals surface area contributed by atoms with Gasteiger partial charge >= 0.3 is 0 Å². The Balaban J connectivity index is 2.45. The highest BCUT2D eigenvalue weighted by molar-refractivity contribution is 7.99. The predicted molar refractivity (Wildman–Crippen MR) is 58.4 cm³/mol. The monoisotopic (exact) mass is 221 g/mol. The topological polar surface area (TPSA) is 20.3 Å². The van der Waals surface area contributed by atoms with Gasteiger partial charge in [-0.25, -0.2) is 0 Å². The summed E-state index contributed by atoms with van der Waals surface area (Å²) in [4.78, 5) is 13.5. The zero-order valence-corrected chi connectivity index (χ0v) is 9.70. The van der Waals surface area contributed by atoms with Gasteiger partial charge in [-0.3, -0.25) is 4.79 Å². The second-order valence-corrected chi connectivity index (χ2v) is 5.02. The van der Waals surface area contributed by atoms with Crippen LogP contribution in [0.2, 0.25) is 0 Å². The summed E-state index contributed by atoms with van der Waals surface area (Å²) in [6, 6.07) is 0.408. The first kappa shape index (κ1) is 11.2. The molecular weight excluding hydrogens is 206 g/mol. The summed E-state index contributed by atoms with van der Waals surface area (Å²) in [5, 5.41) is -0.337. The number of carbonyl (C=O) groups excluding carboxylic acids is 1. The summed E-state index contributed by atoms with van der Waals surface area (Å²) in [5.74, 6) is 2.31. The van der Waals surface area contributed by atoms with Crippen LogP contribution in [0, 0.1) is 0 Å². The molecule has 0 aliphatic carbocycles. The molecule has 1 aliphatic rings. The number of rotatable bonds is 3. The number of halogens is 1. The minimum absolute atomic E-state index is 0.0802. The van der Waals surface area contributed by atoms with E-state index in [-0.39, 0.29) is 11.3 Å². The molecule has 76 valence electrons. The Morgan fingerprint density at radius 2 is 2.46 bits per heavy atom. The third-order valence-corrected chi connectivity index (χ3v) is 4.07. The van der Waals surface area contributed by atoms with E-state index in [0.717, 1.165) is 12.2 Å². The summed E-state index contributed by atoms with van der Waals surface area (Å²) >= 11 is 7.80. The average molecular weight is 222 g/mol. The minimum atomic E-state index is -0.337. The van der Waals surface area contributed by atoms with Crippen LogP contribution in [0.3, 0.4) is 0 Å². The fourth-order valence-electron chi connectivity index (χ4n) is 1.40. The van der Waals surface area contributed by atoms with E-state index in [2.05, 4.69) is 0 Å². The van der Waals surface area contributed by atoms with Gasteiger partial charge in [0, 0.05) is 18.8 Å². The molecule has 0 radical (unpaired) electrons. The van der Waals surface area contributed by atoms with Crippen LogP contribution in [0.25, 0.3) is 0 Å². The predicted octanol–water partition coefficient (Wildman–Crippen LogP) is 1.97. The van der Waals surface area contributed by atoms with Crippen LogP contribution in [-0.4, -0.2) is 40.8 Å². The Morgan fingerprint density at radius 3 is 2.92 bits per heavy atom. The molecule has 0 aromatic heterocycles. The molecule has 0 bridgehead atoms. The standard InChI is InChI=1S/C9H16ClNOS/c1-3-8(10)9(12)11(2)7-4-5-13-6-7/h7-8H,3-6H2,1-2H3/t7-,8+/m1/s1. The molecule has 1 fully saturated rings. The van der Waals surface area contributed by atoms with Gasteiger partial charge in [0.2, 0.25) is 5.91 Å². The van der Waals surface area contributed by atoms with Gasteiger partial charge in [0.15, 0.2) is 0 Å². The summed E-state index contributed by atoms with van der Waals surface area (Å²) < 4.78 is 0. The molecule has 1 amide bonds. The average Bonchev–Trinajstić information content (AvgIpc) is 2.67. The van der Waals surface area contributed by atoms with Crippen molar-refractivity contribution in [2.75, 3.05) is 18.6 Å². The minimum Gasteiger partial charge on any atom is -0.341 e. The lowest BCUT2D eigenvalue weighted by molar-refractivity contribution is -0.131. The summed E-state index contributed by atoms with van der Waals surface area (Å²) in [5.41, 5.74) is 0. The molecule has 0 saturated carbocycles. The fraction of sp³-hybridized carbons (Fsp3) is 0.889. The zero-order valence-electron chi connectivity index (χ0n) is 8.12. The molecule has 13 heavy (non-hydrogen) atoms. The molecule has 0 N–H and O–H groups in total. The fourth-order valence-corrected chi connectivity index (χ4v) is 2.82. The van der Waals surface area contributed by atoms with Gasteiger partial charge in [0.25, 0.3) is 0 Å². The molecular formula is C9H16ClNOS. The lowest BCUT2D eigenvalue weighted by atomic mass is 10.2. The Labute approximate surface area is 89.0 Å². The van der Waals surface area contributed by atoms with Crippen molar-refractivity contribution < 1.29 is 4.79 Å². The highest BCUT2D eigenvalue weighted by Crippen LogP contribution is 2.22. The van der Waals surface area contributed by atoms with Crippen molar-refractivity contribution in [3.05, 3.63) is 0 Å². The highest BCUT2D eigenvalue weighted by atomic mass is 35.5. The van der Waals surface area contributed by atoms with Crippen LogP contribution in [0.1, 0.15) is 19.8 Å². The van der Waals surface area contributed by atoms with Crippen molar-refractivity contribution in [3.63, 3.8) is 0 Å². The van der Waals surface area contributed by atoms with E-state index in [1.807, 2.05) is 30.6 Å². The molecule has 0 aromatic carbocycles. The maximum absolute atomic E-state index is 11.6. The second kappa shape index (κ2) is 5.11. The third-order valence-electron chi connectivity index (χ3n) is 2.43. The quantitative estimate of drug-likeness (QED) is 0.680. The van der Waals surface area contributed by atoms with Crippen molar-refractivity contribution in [1.82, 2.24) is 4.90 Å². The number of hydrogen-bond acceptors (Lipinski definition) is 2. The Morgan fingerprint density at radius 1 is 1.77 bits per heavy atom. The molecule has 2 nitrogen and oxygen atoms in total. The molecule has 1 heterocycles. The first-order chi connectivity index (χ1) is 6.16. The summed E-state index contributed by atoms with van der Waals surface area (Å²) in [7, 11) is 1.86. The normalized spacial score (nSPS) is 24.4. The van der Waals surface area contributed by atoms with Gasteiger partial charge in [-0.1, -0.05) is 6.92 Å². The Bertz CT molecular complexity index is 182. The van der Waals surface area contributed by atoms with Gasteiger partial charge in [-0.2, -0.15) is 11.8 Å². The molecule has 1 rings (SSSR count). The maximum atomic E-state index is 11.6. The van der Waals surface area contributed by atoms with Gasteiger partial charge < -0.3 is 4.90 Å². The first-order valence-corrected chi connectivity index (χ1v) is 6.24. The van der Waals surface area contributed by atoms with Crippen LogP contribution in [0.5, 0.6) is 0 Å². The number of nitrogens with zero attached hydrogens (tertiary/aromatic N) is 1. The Kier molecular flexibility index (Phi) is 4.39. The number of alkyl halides is 1. The number of thioether (sulfide) groups is 1. The van der Waals surface area contributed by atoms with Crippen molar-refractivity contribution in [1.29, 1.82) is 0 Å². The van der Waals surface area contributed by atoms with E-state index >= 15 is 0 Å². The van der Waals surface area contributed by atoms with Crippen LogP contribution in [-0.2, 0) is 4.79 Å². The van der Waals surface area contributed by atoms with Crippen molar-refractivity contribution in [2.45, 2.75) is 31.2 Å². The molecule has 2 atom stereocenters. The highest BCUT2D eigenvalue weighted by Gasteiger charge is 2.26. The van der Waals surface area contributed by atoms with E-state index in [1.165, 1.54) is 5.75 Å². The van der Waals surface area contributed by atoms with E-state index in [0.29, 0.717) is 12.5 Å². The van der Waals surface area contributed by atoms with Crippen molar-refractivity contribution in [2.24, 2.45) is 0 Å². The van der Waals surface area contributed by atoms with Gasteiger partial charge in [0.1, 0.15) is 5.38 Å². The Hall–Kier alpha value is 0.110. The van der Waals surface area contributed by atoms with Gasteiger partial charge in [0.05, 0.1) is 0 Å². The SMILES string of the molecule is CC[C@H](Cl)C(=O)N(C)[C@@H]1CCSC1. The largest absolute Gasteiger partial charge is 0.341 e. The van der Waals surface area contributed by atoms with Crippen LogP contribution in [0.4, 0.5) is 0 Å². The smallest absolute Gasteiger partial charge is 0.240 e. The number of carbonyl (C=O) groups is 1. The van der Waals surface area contributed by atoms with Crippen molar-refractivity contribution >= 4 is 29.3 Å². The van der Waals surface area contributed by atoms with Crippen LogP contribution < -0.4 is 0 Å². The molecule has 0 unspecified atom stereocenters. The molecule has 1 aliphatic heterocycles. The molecule has 0 aromatic rings. The molecule has 4 heteroatoms. The number of amides is 1. The van der Waals surface area contributed by atoms with E-state index in [4.69, 9.17) is 11.6 Å².